The highest BCUT2D eigenvalue weighted by atomic mass is 35.5. The topological polar surface area (TPSA) is 20.5 Å². The van der Waals surface area contributed by atoms with Crippen molar-refractivity contribution in [3.05, 3.63) is 46.6 Å². The molecule has 0 radical (unpaired) electrons. The monoisotopic (exact) mass is 305 g/mol. The first-order valence-corrected chi connectivity index (χ1v) is 7.84. The number of rotatable bonds is 3. The van der Waals surface area contributed by atoms with Gasteiger partial charge in [-0.1, -0.05) is 17.7 Å². The van der Waals surface area contributed by atoms with E-state index in [1.807, 2.05) is 18.6 Å². The van der Waals surface area contributed by atoms with Gasteiger partial charge in [-0.3, -0.25) is 4.40 Å². The number of thiazole rings is 1. The van der Waals surface area contributed by atoms with Crippen LogP contribution in [0.5, 0.6) is 0 Å². The number of nitrogens with zero attached hydrogens (tertiary/aromatic N) is 3. The molecule has 0 unspecified atom stereocenters. The van der Waals surface area contributed by atoms with Crippen LogP contribution in [0.15, 0.2) is 29.8 Å². The lowest BCUT2D eigenvalue weighted by Gasteiger charge is -2.20. The number of aryl methyl sites for hydroxylation is 2. The highest BCUT2D eigenvalue weighted by Crippen LogP contribution is 2.32. The molecule has 0 aliphatic heterocycles. The summed E-state index contributed by atoms with van der Waals surface area (Å²) in [4.78, 5) is 7.80. The van der Waals surface area contributed by atoms with Gasteiger partial charge in [-0.15, -0.1) is 22.9 Å². The number of anilines is 2. The van der Waals surface area contributed by atoms with E-state index in [0.29, 0.717) is 5.88 Å². The largest absolute Gasteiger partial charge is 0.328 e. The van der Waals surface area contributed by atoms with Gasteiger partial charge < -0.3 is 4.90 Å². The second kappa shape index (κ2) is 5.11. The summed E-state index contributed by atoms with van der Waals surface area (Å²) in [5.41, 5.74) is 4.70. The van der Waals surface area contributed by atoms with Crippen LogP contribution < -0.4 is 4.90 Å². The van der Waals surface area contributed by atoms with Crippen molar-refractivity contribution in [2.24, 2.45) is 0 Å². The van der Waals surface area contributed by atoms with Crippen molar-refractivity contribution in [1.29, 1.82) is 0 Å². The molecule has 0 fully saturated rings. The van der Waals surface area contributed by atoms with Crippen molar-refractivity contribution in [3.63, 3.8) is 0 Å². The Morgan fingerprint density at radius 1 is 1.35 bits per heavy atom. The third-order valence-electron chi connectivity index (χ3n) is 3.50. The Morgan fingerprint density at radius 2 is 2.15 bits per heavy atom. The minimum absolute atomic E-state index is 0.447. The highest BCUT2D eigenvalue weighted by Gasteiger charge is 2.17. The van der Waals surface area contributed by atoms with Crippen molar-refractivity contribution in [3.8, 4) is 0 Å². The average Bonchev–Trinajstić information content (AvgIpc) is 2.97. The fourth-order valence-corrected chi connectivity index (χ4v) is 3.49. The van der Waals surface area contributed by atoms with E-state index in [1.54, 1.807) is 11.3 Å². The third kappa shape index (κ3) is 2.09. The van der Waals surface area contributed by atoms with Gasteiger partial charge in [0, 0.05) is 24.3 Å². The normalized spacial score (nSPS) is 11.2. The van der Waals surface area contributed by atoms with E-state index >= 15 is 0 Å². The molecule has 20 heavy (non-hydrogen) atoms. The maximum Gasteiger partial charge on any atom is 0.195 e. The molecule has 3 aromatic rings. The van der Waals surface area contributed by atoms with Gasteiger partial charge in [-0.25, -0.2) is 4.98 Å². The minimum atomic E-state index is 0.447. The summed E-state index contributed by atoms with van der Waals surface area (Å²) in [5.74, 6) is 1.38. The average molecular weight is 306 g/mol. The molecule has 2 aromatic heterocycles. The van der Waals surface area contributed by atoms with Gasteiger partial charge in [0.15, 0.2) is 10.8 Å². The summed E-state index contributed by atoms with van der Waals surface area (Å²) < 4.78 is 2.06. The van der Waals surface area contributed by atoms with Crippen molar-refractivity contribution in [2.45, 2.75) is 19.7 Å². The molecule has 3 nitrogen and oxygen atoms in total. The molecule has 1 aromatic carbocycles. The maximum atomic E-state index is 6.12. The molecule has 0 bridgehead atoms. The second-order valence-corrected chi connectivity index (χ2v) is 6.06. The molecule has 0 aliphatic carbocycles. The Balaban J connectivity index is 2.11. The van der Waals surface area contributed by atoms with E-state index in [-0.39, 0.29) is 0 Å². The van der Waals surface area contributed by atoms with Gasteiger partial charge in [0.2, 0.25) is 0 Å². The molecule has 0 atom stereocenters. The van der Waals surface area contributed by atoms with Gasteiger partial charge in [-0.2, -0.15) is 0 Å². The second-order valence-electron chi connectivity index (χ2n) is 4.92. The Hall–Kier alpha value is -1.52. The van der Waals surface area contributed by atoms with Crippen LogP contribution in [-0.4, -0.2) is 16.4 Å². The summed E-state index contributed by atoms with van der Waals surface area (Å²) in [6, 6.07) is 6.44. The summed E-state index contributed by atoms with van der Waals surface area (Å²) in [5, 5.41) is 2.03. The van der Waals surface area contributed by atoms with Gasteiger partial charge in [0.25, 0.3) is 0 Å². The smallest absolute Gasteiger partial charge is 0.195 e. The Morgan fingerprint density at radius 3 is 2.85 bits per heavy atom. The third-order valence-corrected chi connectivity index (χ3v) is 4.51. The zero-order valence-corrected chi connectivity index (χ0v) is 13.3. The van der Waals surface area contributed by atoms with Crippen LogP contribution in [0.2, 0.25) is 0 Å². The quantitative estimate of drug-likeness (QED) is 0.663. The standard InChI is InChI=1S/C15H16ClN3S/c1-10-4-5-12(11(2)8-10)18(3)14-13(9-16)19-6-7-20-15(19)17-14/h4-8H,9H2,1-3H3. The van der Waals surface area contributed by atoms with E-state index in [9.17, 15) is 0 Å². The van der Waals surface area contributed by atoms with Crippen LogP contribution in [0.4, 0.5) is 11.5 Å². The van der Waals surface area contributed by atoms with Crippen molar-refractivity contribution < 1.29 is 0 Å². The number of aromatic nitrogens is 2. The van der Waals surface area contributed by atoms with Crippen molar-refractivity contribution >= 4 is 39.4 Å². The highest BCUT2D eigenvalue weighted by molar-refractivity contribution is 7.15. The molecule has 0 saturated carbocycles. The summed E-state index contributed by atoms with van der Waals surface area (Å²) in [7, 11) is 2.04. The molecule has 0 N–H and O–H groups in total. The number of imidazole rings is 1. The van der Waals surface area contributed by atoms with Crippen LogP contribution in [0.25, 0.3) is 4.96 Å². The Labute approximate surface area is 127 Å². The number of benzene rings is 1. The molecule has 104 valence electrons. The maximum absolute atomic E-state index is 6.12. The molecule has 0 aliphatic rings. The van der Waals surface area contributed by atoms with E-state index in [4.69, 9.17) is 16.6 Å². The lowest BCUT2D eigenvalue weighted by atomic mass is 10.1. The first kappa shape index (κ1) is 13.5. The van der Waals surface area contributed by atoms with Gasteiger partial charge in [0.1, 0.15) is 0 Å². The zero-order chi connectivity index (χ0) is 14.3. The predicted octanol–water partition coefficient (Wildman–Crippen LogP) is 4.52. The molecular formula is C15H16ClN3S. The lowest BCUT2D eigenvalue weighted by molar-refractivity contribution is 1.07. The molecule has 5 heteroatoms. The fraction of sp³-hybridized carbons (Fsp3) is 0.267. The SMILES string of the molecule is Cc1ccc(N(C)c2nc3sccn3c2CCl)c(C)c1. The van der Waals surface area contributed by atoms with Crippen LogP contribution >= 0.6 is 22.9 Å². The van der Waals surface area contributed by atoms with Crippen LogP contribution in [0, 0.1) is 13.8 Å². The van der Waals surface area contributed by atoms with Crippen molar-refractivity contribution in [2.75, 3.05) is 11.9 Å². The van der Waals surface area contributed by atoms with E-state index in [1.165, 1.54) is 11.1 Å². The van der Waals surface area contributed by atoms with E-state index in [0.717, 1.165) is 22.2 Å². The molecule has 2 heterocycles. The molecule has 0 spiro atoms. The first-order valence-electron chi connectivity index (χ1n) is 6.43. The number of fused-ring (bicyclic) bond motifs is 1. The van der Waals surface area contributed by atoms with E-state index < -0.39 is 0 Å². The lowest BCUT2D eigenvalue weighted by Crippen LogP contribution is -2.13. The van der Waals surface area contributed by atoms with Crippen LogP contribution in [-0.2, 0) is 5.88 Å². The minimum Gasteiger partial charge on any atom is -0.328 e. The zero-order valence-electron chi connectivity index (χ0n) is 11.7. The Bertz CT molecular complexity index is 760. The summed E-state index contributed by atoms with van der Waals surface area (Å²) in [6.07, 6.45) is 2.02. The summed E-state index contributed by atoms with van der Waals surface area (Å²) in [6.45, 7) is 4.23. The van der Waals surface area contributed by atoms with E-state index in [2.05, 4.69) is 41.3 Å². The molecular weight excluding hydrogens is 290 g/mol. The number of hydrogen-bond donors (Lipinski definition) is 0. The predicted molar refractivity (Wildman–Crippen MR) is 86.6 cm³/mol. The molecule has 0 saturated heterocycles. The molecule has 0 amide bonds. The van der Waals surface area contributed by atoms with Crippen LogP contribution in [0.1, 0.15) is 16.8 Å². The number of alkyl halides is 1. The Kier molecular flexibility index (Phi) is 3.44. The first-order chi connectivity index (χ1) is 9.61. The van der Waals surface area contributed by atoms with Gasteiger partial charge in [-0.05, 0) is 25.5 Å². The summed E-state index contributed by atoms with van der Waals surface area (Å²) >= 11 is 7.75. The fourth-order valence-electron chi connectivity index (χ4n) is 2.51. The van der Waals surface area contributed by atoms with Crippen LogP contribution in [0.3, 0.4) is 0 Å². The number of hydrogen-bond acceptors (Lipinski definition) is 3. The van der Waals surface area contributed by atoms with Gasteiger partial charge >= 0.3 is 0 Å². The van der Waals surface area contributed by atoms with Crippen molar-refractivity contribution in [1.82, 2.24) is 9.38 Å². The molecule has 3 rings (SSSR count). The number of halogens is 1. The van der Waals surface area contributed by atoms with Gasteiger partial charge in [0.05, 0.1) is 11.6 Å².